The number of methoxy groups -OCH3 is 5. The highest BCUT2D eigenvalue weighted by atomic mass is 16.5. The SMILES string of the molecule is COc1ccc(CC[C@@H](OC(=O)[C@@H]2CCCCN2C(=O)Cc2cc(OC)c(OC)c(OC)c2)c2cccc(OCC(=O)NCCCCCCCC(=O)Nc3cccc4c3CN(C3CCC(=O)NC3=O)C4=O)c2)cc1OC. The average Bonchev–Trinajstić information content (AvgIpc) is 3.77. The number of imide groups is 1. The molecule has 0 saturated carbocycles. The van der Waals surface area contributed by atoms with E-state index in [4.69, 9.17) is 33.2 Å². The maximum absolute atomic E-state index is 14.3. The van der Waals surface area contributed by atoms with Gasteiger partial charge < -0.3 is 53.6 Å². The summed E-state index contributed by atoms with van der Waals surface area (Å²) >= 11 is 0. The van der Waals surface area contributed by atoms with Gasteiger partial charge in [-0.1, -0.05) is 43.5 Å². The number of anilines is 1. The summed E-state index contributed by atoms with van der Waals surface area (Å²) in [4.78, 5) is 94.4. The Balaban J connectivity index is 0.879. The van der Waals surface area contributed by atoms with Crippen LogP contribution in [0, 0.1) is 0 Å². The van der Waals surface area contributed by atoms with Crippen LogP contribution in [-0.2, 0) is 52.9 Å². The molecule has 2 saturated heterocycles. The molecule has 0 aromatic heterocycles. The van der Waals surface area contributed by atoms with Crippen LogP contribution in [0.3, 0.4) is 0 Å². The molecule has 2 fully saturated rings. The minimum Gasteiger partial charge on any atom is -0.493 e. The lowest BCUT2D eigenvalue weighted by Gasteiger charge is -2.35. The number of aryl methyl sites for hydroxylation is 1. The zero-order chi connectivity index (χ0) is 54.1. The Kier molecular flexibility index (Phi) is 19.9. The molecule has 3 atom stereocenters. The van der Waals surface area contributed by atoms with Gasteiger partial charge in [0, 0.05) is 49.3 Å². The van der Waals surface area contributed by atoms with E-state index in [1.165, 1.54) is 26.2 Å². The Morgan fingerprint density at radius 1 is 0.737 bits per heavy atom. The van der Waals surface area contributed by atoms with Gasteiger partial charge in [0.1, 0.15) is 23.9 Å². The number of amides is 6. The summed E-state index contributed by atoms with van der Waals surface area (Å²) in [5, 5.41) is 8.15. The number of fused-ring (bicyclic) bond motifs is 1. The molecular weight excluding hydrogens is 979 g/mol. The Morgan fingerprint density at radius 2 is 1.46 bits per heavy atom. The summed E-state index contributed by atoms with van der Waals surface area (Å²) in [6.45, 7) is 0.790. The predicted molar refractivity (Wildman–Crippen MR) is 280 cm³/mol. The van der Waals surface area contributed by atoms with E-state index in [1.807, 2.05) is 24.3 Å². The Hall–Kier alpha value is -7.83. The van der Waals surface area contributed by atoms with Gasteiger partial charge in [-0.3, -0.25) is 34.1 Å². The second-order valence-electron chi connectivity index (χ2n) is 19.0. The van der Waals surface area contributed by atoms with E-state index in [1.54, 1.807) is 67.7 Å². The molecule has 19 heteroatoms. The molecule has 4 aromatic rings. The smallest absolute Gasteiger partial charge is 0.329 e. The van der Waals surface area contributed by atoms with Gasteiger partial charge in [-0.2, -0.15) is 0 Å². The lowest BCUT2D eigenvalue weighted by molar-refractivity contribution is -0.162. The summed E-state index contributed by atoms with van der Waals surface area (Å²) in [7, 11) is 7.67. The van der Waals surface area contributed by atoms with Crippen LogP contribution >= 0.6 is 0 Å². The first-order valence-corrected chi connectivity index (χ1v) is 25.9. The highest BCUT2D eigenvalue weighted by molar-refractivity contribution is 6.06. The standard InChI is InChI=1S/C57H69N5O14/c1-70-46-25-22-36(29-47(46)71-2)21-24-45(76-57(69)44-19-10-12-28-61(44)53(66)32-37-30-48(72-3)54(74-5)49(31-37)73-4)38-15-13-16-39(33-38)75-35-52(65)58-27-11-8-6-7-9-20-50(63)59-42-18-14-17-40-41(42)34-62(56(40)68)43-23-26-51(64)60-55(43)67/h13-18,22,25,29-31,33,43-45H,6-12,19-21,23-24,26-28,32,34-35H2,1-5H3,(H,58,65)(H,59,63)(H,60,64,67)/t43?,44-,45+/m0/s1. The van der Waals surface area contributed by atoms with Crippen molar-refractivity contribution in [2.24, 2.45) is 0 Å². The van der Waals surface area contributed by atoms with E-state index in [2.05, 4.69) is 16.0 Å². The van der Waals surface area contributed by atoms with E-state index in [-0.39, 0.29) is 62.0 Å². The number of likely N-dealkylation sites (tertiary alicyclic amines) is 1. The predicted octanol–water partition coefficient (Wildman–Crippen LogP) is 6.81. The van der Waals surface area contributed by atoms with Crippen molar-refractivity contribution in [3.05, 3.63) is 101 Å². The highest BCUT2D eigenvalue weighted by Crippen LogP contribution is 2.39. The van der Waals surface area contributed by atoms with E-state index in [0.717, 1.165) is 44.1 Å². The molecule has 3 aliphatic rings. The first-order valence-electron chi connectivity index (χ1n) is 25.9. The van der Waals surface area contributed by atoms with Gasteiger partial charge in [-0.15, -0.1) is 0 Å². The maximum Gasteiger partial charge on any atom is 0.329 e. The van der Waals surface area contributed by atoms with Crippen molar-refractivity contribution in [3.8, 4) is 34.5 Å². The van der Waals surface area contributed by atoms with Crippen LogP contribution in [0.4, 0.5) is 5.69 Å². The van der Waals surface area contributed by atoms with Gasteiger partial charge in [-0.25, -0.2) is 4.79 Å². The minimum atomic E-state index is -0.804. The molecule has 4 aromatic carbocycles. The number of rotatable bonds is 26. The highest BCUT2D eigenvalue weighted by Gasteiger charge is 2.40. The fourth-order valence-electron chi connectivity index (χ4n) is 9.92. The van der Waals surface area contributed by atoms with Crippen molar-refractivity contribution in [2.45, 2.75) is 115 Å². The summed E-state index contributed by atoms with van der Waals surface area (Å²) in [5.41, 5.74) is 3.86. The lowest BCUT2D eigenvalue weighted by Crippen LogP contribution is -2.52. The largest absolute Gasteiger partial charge is 0.493 e. The van der Waals surface area contributed by atoms with E-state index in [9.17, 15) is 33.6 Å². The molecule has 19 nitrogen and oxygen atoms in total. The molecule has 7 rings (SSSR count). The summed E-state index contributed by atoms with van der Waals surface area (Å²) < 4.78 is 39.8. The van der Waals surface area contributed by atoms with Crippen molar-refractivity contribution in [1.29, 1.82) is 0 Å². The van der Waals surface area contributed by atoms with Gasteiger partial charge in [0.05, 0.1) is 42.0 Å². The van der Waals surface area contributed by atoms with Crippen LogP contribution in [0.15, 0.2) is 72.8 Å². The number of unbranched alkanes of at least 4 members (excludes halogenated alkanes) is 4. The summed E-state index contributed by atoms with van der Waals surface area (Å²) in [5.74, 6) is 0.483. The van der Waals surface area contributed by atoms with Crippen molar-refractivity contribution >= 4 is 47.1 Å². The number of esters is 1. The number of hydrogen-bond donors (Lipinski definition) is 3. The van der Waals surface area contributed by atoms with E-state index >= 15 is 0 Å². The molecule has 1 unspecified atom stereocenters. The van der Waals surface area contributed by atoms with Gasteiger partial charge >= 0.3 is 5.97 Å². The van der Waals surface area contributed by atoms with Crippen molar-refractivity contribution in [3.63, 3.8) is 0 Å². The molecule has 406 valence electrons. The van der Waals surface area contributed by atoms with Crippen molar-refractivity contribution < 1.29 is 66.7 Å². The topological polar surface area (TPSA) is 227 Å². The fraction of sp³-hybridized carbons (Fsp3) is 0.456. The van der Waals surface area contributed by atoms with Crippen molar-refractivity contribution in [1.82, 2.24) is 20.4 Å². The Morgan fingerprint density at radius 3 is 2.20 bits per heavy atom. The second kappa shape index (κ2) is 27.1. The Labute approximate surface area is 443 Å². The van der Waals surface area contributed by atoms with Crippen LogP contribution in [0.5, 0.6) is 34.5 Å². The van der Waals surface area contributed by atoms with Crippen LogP contribution in [0.2, 0.25) is 0 Å². The van der Waals surface area contributed by atoms with Gasteiger partial charge in [0.15, 0.2) is 29.6 Å². The minimum absolute atomic E-state index is 0.00154. The number of hydrogen-bond acceptors (Lipinski definition) is 14. The first kappa shape index (κ1) is 55.9. The number of carbonyl (C=O) groups excluding carboxylic acids is 7. The third-order valence-corrected chi connectivity index (χ3v) is 13.9. The quantitative estimate of drug-likeness (QED) is 0.0334. The van der Waals surface area contributed by atoms with E-state index in [0.29, 0.717) is 108 Å². The summed E-state index contributed by atoms with van der Waals surface area (Å²) in [6.07, 6.45) is 6.73. The third-order valence-electron chi connectivity index (χ3n) is 13.9. The zero-order valence-corrected chi connectivity index (χ0v) is 44.0. The number of benzene rings is 4. The normalized spacial score (nSPS) is 16.5. The number of nitrogens with zero attached hydrogens (tertiary/aromatic N) is 2. The lowest BCUT2D eigenvalue weighted by atomic mass is 9.99. The molecular formula is C57H69N5O14. The maximum atomic E-state index is 14.3. The van der Waals surface area contributed by atoms with Crippen LogP contribution in [0.1, 0.15) is 116 Å². The van der Waals surface area contributed by atoms with Gasteiger partial charge in [-0.05, 0) is 117 Å². The van der Waals surface area contributed by atoms with Crippen LogP contribution in [0.25, 0.3) is 0 Å². The summed E-state index contributed by atoms with van der Waals surface area (Å²) in [6, 6.07) is 19.8. The second-order valence-corrected chi connectivity index (χ2v) is 19.0. The average molecular weight is 1050 g/mol. The van der Waals surface area contributed by atoms with Gasteiger partial charge in [0.2, 0.25) is 29.4 Å². The molecule has 0 bridgehead atoms. The number of nitrogens with one attached hydrogen (secondary N) is 3. The molecule has 0 radical (unpaired) electrons. The molecule has 3 N–H and O–H groups in total. The Bertz CT molecular complexity index is 2720. The molecule has 3 heterocycles. The zero-order valence-electron chi connectivity index (χ0n) is 44.0. The first-order chi connectivity index (χ1) is 36.8. The number of ether oxygens (including phenoxy) is 7. The monoisotopic (exact) mass is 1050 g/mol. The third kappa shape index (κ3) is 14.3. The molecule has 76 heavy (non-hydrogen) atoms. The molecule has 3 aliphatic heterocycles. The number of piperidine rings is 2. The fourth-order valence-corrected chi connectivity index (χ4v) is 9.92. The van der Waals surface area contributed by atoms with Crippen LogP contribution in [-0.4, -0.2) is 119 Å². The molecule has 6 amide bonds. The van der Waals surface area contributed by atoms with Crippen LogP contribution < -0.4 is 44.4 Å². The molecule has 0 spiro atoms. The number of carbonyl (C=O) groups is 7. The van der Waals surface area contributed by atoms with Crippen molar-refractivity contribution in [2.75, 3.05) is 60.6 Å². The van der Waals surface area contributed by atoms with E-state index < -0.39 is 30.1 Å². The molecule has 0 aliphatic carbocycles. The van der Waals surface area contributed by atoms with Gasteiger partial charge in [0.25, 0.3) is 11.8 Å².